The van der Waals surface area contributed by atoms with E-state index in [0.717, 1.165) is 19.5 Å². The molecule has 0 aromatic carbocycles. The normalized spacial score (nSPS) is 20.2. The lowest BCUT2D eigenvalue weighted by molar-refractivity contribution is -0.122. The van der Waals surface area contributed by atoms with Crippen molar-refractivity contribution in [3.05, 3.63) is 12.7 Å². The number of likely N-dealkylation sites (N-methyl/N-ethyl adjacent to an activating group) is 1. The van der Waals surface area contributed by atoms with E-state index in [2.05, 4.69) is 22.1 Å². The molecule has 1 amide bonds. The van der Waals surface area contributed by atoms with E-state index in [1.165, 1.54) is 12.8 Å². The van der Waals surface area contributed by atoms with E-state index < -0.39 is 0 Å². The number of amides is 1. The van der Waals surface area contributed by atoms with E-state index in [9.17, 15) is 4.79 Å². The van der Waals surface area contributed by atoms with Gasteiger partial charge in [0.15, 0.2) is 0 Å². The van der Waals surface area contributed by atoms with Gasteiger partial charge in [0.25, 0.3) is 0 Å². The van der Waals surface area contributed by atoms with Crippen molar-refractivity contribution < 1.29 is 4.79 Å². The molecule has 4 nitrogen and oxygen atoms in total. The minimum absolute atomic E-state index is 0. The molecule has 1 rings (SSSR count). The molecule has 1 atom stereocenters. The standard InChI is InChI=1S/C12H23N3O.ClH/c1-3-7-14-12(16)10-15(2)11-5-4-8-13-9-6-11;/h3,11,13H,1,4-10H2,2H3,(H,14,16);1H. The summed E-state index contributed by atoms with van der Waals surface area (Å²) in [5.41, 5.74) is 0. The average molecular weight is 262 g/mol. The van der Waals surface area contributed by atoms with Crippen LogP contribution in [0.25, 0.3) is 0 Å². The Morgan fingerprint density at radius 2 is 2.29 bits per heavy atom. The van der Waals surface area contributed by atoms with E-state index in [1.54, 1.807) is 6.08 Å². The highest BCUT2D eigenvalue weighted by molar-refractivity contribution is 5.85. The summed E-state index contributed by atoms with van der Waals surface area (Å²) in [5.74, 6) is 0.0830. The van der Waals surface area contributed by atoms with E-state index >= 15 is 0 Å². The molecule has 1 saturated heterocycles. The molecule has 0 aromatic rings. The van der Waals surface area contributed by atoms with Gasteiger partial charge in [0.05, 0.1) is 6.54 Å². The van der Waals surface area contributed by atoms with Crippen molar-refractivity contribution in [3.8, 4) is 0 Å². The van der Waals surface area contributed by atoms with Crippen molar-refractivity contribution in [3.63, 3.8) is 0 Å². The Kier molecular flexibility index (Phi) is 9.13. The molecule has 0 radical (unpaired) electrons. The highest BCUT2D eigenvalue weighted by atomic mass is 35.5. The summed E-state index contributed by atoms with van der Waals surface area (Å²) in [6.07, 6.45) is 5.21. The van der Waals surface area contributed by atoms with Gasteiger partial charge in [-0.1, -0.05) is 6.08 Å². The topological polar surface area (TPSA) is 44.4 Å². The third-order valence-corrected chi connectivity index (χ3v) is 3.01. The van der Waals surface area contributed by atoms with E-state index in [0.29, 0.717) is 19.1 Å². The minimum Gasteiger partial charge on any atom is -0.352 e. The number of nitrogens with one attached hydrogen (secondary N) is 2. The second kappa shape index (κ2) is 9.45. The maximum Gasteiger partial charge on any atom is 0.234 e. The number of carbonyl (C=O) groups is 1. The van der Waals surface area contributed by atoms with Crippen LogP contribution in [-0.4, -0.2) is 50.1 Å². The lowest BCUT2D eigenvalue weighted by atomic mass is 10.1. The largest absolute Gasteiger partial charge is 0.352 e. The molecular formula is C12H24ClN3O. The van der Waals surface area contributed by atoms with Crippen LogP contribution in [0.15, 0.2) is 12.7 Å². The van der Waals surface area contributed by atoms with Crippen LogP contribution in [0.2, 0.25) is 0 Å². The third-order valence-electron chi connectivity index (χ3n) is 3.01. The van der Waals surface area contributed by atoms with Gasteiger partial charge >= 0.3 is 0 Å². The van der Waals surface area contributed by atoms with Crippen LogP contribution in [0, 0.1) is 0 Å². The second-order valence-electron chi connectivity index (χ2n) is 4.34. The summed E-state index contributed by atoms with van der Waals surface area (Å²) in [6.45, 7) is 6.78. The molecular weight excluding hydrogens is 238 g/mol. The first-order chi connectivity index (χ1) is 7.74. The molecule has 100 valence electrons. The molecule has 5 heteroatoms. The Bertz CT molecular complexity index is 228. The fourth-order valence-corrected chi connectivity index (χ4v) is 2.04. The second-order valence-corrected chi connectivity index (χ2v) is 4.34. The predicted molar refractivity (Wildman–Crippen MR) is 73.6 cm³/mol. The van der Waals surface area contributed by atoms with E-state index in [1.807, 2.05) is 7.05 Å². The van der Waals surface area contributed by atoms with E-state index in [-0.39, 0.29) is 18.3 Å². The average Bonchev–Trinajstić information content (AvgIpc) is 2.54. The lowest BCUT2D eigenvalue weighted by Crippen LogP contribution is -2.41. The van der Waals surface area contributed by atoms with Gasteiger partial charge in [-0.05, 0) is 39.4 Å². The first-order valence-corrected chi connectivity index (χ1v) is 6.02. The van der Waals surface area contributed by atoms with Crippen molar-refractivity contribution in [1.29, 1.82) is 0 Å². The fraction of sp³-hybridized carbons (Fsp3) is 0.750. The Labute approximate surface area is 110 Å². The molecule has 1 aliphatic heterocycles. The Balaban J connectivity index is 0.00000256. The predicted octanol–water partition coefficient (Wildman–Crippen LogP) is 0.784. The lowest BCUT2D eigenvalue weighted by Gasteiger charge is -2.26. The van der Waals surface area contributed by atoms with E-state index in [4.69, 9.17) is 0 Å². The van der Waals surface area contributed by atoms with Crippen LogP contribution >= 0.6 is 12.4 Å². The molecule has 1 heterocycles. The van der Waals surface area contributed by atoms with Crippen LogP contribution in [0.5, 0.6) is 0 Å². The molecule has 0 aliphatic carbocycles. The van der Waals surface area contributed by atoms with Crippen molar-refractivity contribution in [1.82, 2.24) is 15.5 Å². The number of halogens is 1. The zero-order valence-electron chi connectivity index (χ0n) is 10.6. The maximum atomic E-state index is 11.5. The third kappa shape index (κ3) is 6.66. The van der Waals surface area contributed by atoms with Gasteiger partial charge in [0.1, 0.15) is 0 Å². The molecule has 1 fully saturated rings. The highest BCUT2D eigenvalue weighted by Gasteiger charge is 2.18. The van der Waals surface area contributed by atoms with Gasteiger partial charge in [-0.3, -0.25) is 9.69 Å². The number of hydrogen-bond donors (Lipinski definition) is 2. The summed E-state index contributed by atoms with van der Waals surface area (Å²) in [4.78, 5) is 13.7. The zero-order valence-corrected chi connectivity index (χ0v) is 11.4. The summed E-state index contributed by atoms with van der Waals surface area (Å²) >= 11 is 0. The molecule has 2 N–H and O–H groups in total. The summed E-state index contributed by atoms with van der Waals surface area (Å²) in [5, 5.41) is 6.18. The smallest absolute Gasteiger partial charge is 0.234 e. The van der Waals surface area contributed by atoms with Crippen LogP contribution < -0.4 is 10.6 Å². The number of rotatable bonds is 5. The van der Waals surface area contributed by atoms with Crippen LogP contribution in [0.4, 0.5) is 0 Å². The maximum absolute atomic E-state index is 11.5. The molecule has 1 aliphatic rings. The number of hydrogen-bond acceptors (Lipinski definition) is 3. The Hall–Kier alpha value is -0.580. The van der Waals surface area contributed by atoms with Gasteiger partial charge in [-0.25, -0.2) is 0 Å². The zero-order chi connectivity index (χ0) is 11.8. The van der Waals surface area contributed by atoms with Gasteiger partial charge in [-0.15, -0.1) is 19.0 Å². The molecule has 1 unspecified atom stereocenters. The summed E-state index contributed by atoms with van der Waals surface area (Å²) in [7, 11) is 2.03. The van der Waals surface area contributed by atoms with Crippen molar-refractivity contribution in [2.24, 2.45) is 0 Å². The van der Waals surface area contributed by atoms with Gasteiger partial charge in [-0.2, -0.15) is 0 Å². The SMILES string of the molecule is C=CCNC(=O)CN(C)C1CCCNCC1.Cl. The van der Waals surface area contributed by atoms with Gasteiger partial charge in [0, 0.05) is 12.6 Å². The van der Waals surface area contributed by atoms with Crippen molar-refractivity contribution in [2.75, 3.05) is 33.2 Å². The van der Waals surface area contributed by atoms with Crippen molar-refractivity contribution >= 4 is 18.3 Å². The first kappa shape index (κ1) is 16.4. The van der Waals surface area contributed by atoms with Crippen LogP contribution in [-0.2, 0) is 4.79 Å². The minimum atomic E-state index is 0. The van der Waals surface area contributed by atoms with Gasteiger partial charge in [0.2, 0.25) is 5.91 Å². The number of nitrogens with zero attached hydrogens (tertiary/aromatic N) is 1. The molecule has 17 heavy (non-hydrogen) atoms. The van der Waals surface area contributed by atoms with Crippen LogP contribution in [0.3, 0.4) is 0 Å². The van der Waals surface area contributed by atoms with Crippen LogP contribution in [0.1, 0.15) is 19.3 Å². The number of carbonyl (C=O) groups excluding carboxylic acids is 1. The fourth-order valence-electron chi connectivity index (χ4n) is 2.04. The van der Waals surface area contributed by atoms with Crippen molar-refractivity contribution in [2.45, 2.75) is 25.3 Å². The highest BCUT2D eigenvalue weighted by Crippen LogP contribution is 2.10. The Morgan fingerprint density at radius 1 is 1.53 bits per heavy atom. The summed E-state index contributed by atoms with van der Waals surface area (Å²) in [6, 6.07) is 0.532. The Morgan fingerprint density at radius 3 is 3.00 bits per heavy atom. The monoisotopic (exact) mass is 261 g/mol. The summed E-state index contributed by atoms with van der Waals surface area (Å²) < 4.78 is 0. The molecule has 0 spiro atoms. The molecule has 0 bridgehead atoms. The molecule has 0 saturated carbocycles. The molecule has 0 aromatic heterocycles. The quantitative estimate of drug-likeness (QED) is 0.719. The first-order valence-electron chi connectivity index (χ1n) is 6.02. The van der Waals surface area contributed by atoms with Gasteiger partial charge < -0.3 is 10.6 Å².